The lowest BCUT2D eigenvalue weighted by Crippen LogP contribution is -2.36. The van der Waals surface area contributed by atoms with Crippen LogP contribution in [0.5, 0.6) is 5.75 Å². The van der Waals surface area contributed by atoms with Crippen molar-refractivity contribution in [1.29, 1.82) is 0 Å². The molecule has 0 aliphatic carbocycles. The van der Waals surface area contributed by atoms with Gasteiger partial charge in [-0.2, -0.15) is 17.2 Å². The largest absolute Gasteiger partial charge is 0.767 e. The first-order chi connectivity index (χ1) is 11.2. The van der Waals surface area contributed by atoms with E-state index in [9.17, 15) is 26.0 Å². The Bertz CT molecular complexity index is 707. The van der Waals surface area contributed by atoms with E-state index in [-0.39, 0.29) is 17.1 Å². The van der Waals surface area contributed by atoms with E-state index in [1.807, 2.05) is 0 Å². The summed E-state index contributed by atoms with van der Waals surface area (Å²) in [5.74, 6) is 0.242. The molecule has 0 radical (unpaired) electrons. The Balaban J connectivity index is 3.09. The van der Waals surface area contributed by atoms with Crippen molar-refractivity contribution in [3.05, 3.63) is 29.8 Å². The van der Waals surface area contributed by atoms with Gasteiger partial charge < -0.3 is 8.74 Å². The van der Waals surface area contributed by atoms with Crippen LogP contribution in [0.3, 0.4) is 0 Å². The minimum absolute atomic E-state index is 0.0504. The van der Waals surface area contributed by atoms with E-state index in [1.165, 1.54) is 12.1 Å². The molecule has 0 fully saturated rings. The molecule has 0 aliphatic heterocycles. The molecule has 0 saturated heterocycles. The van der Waals surface area contributed by atoms with Crippen LogP contribution in [-0.2, 0) is 21.2 Å². The van der Waals surface area contributed by atoms with Crippen molar-refractivity contribution >= 4 is 21.2 Å². The Morgan fingerprint density at radius 2 is 1.64 bits per heavy atom. The van der Waals surface area contributed by atoms with Crippen LogP contribution in [0.15, 0.2) is 24.3 Å². The monoisotopic (exact) mass is 397 g/mol. The maximum atomic E-state index is 13.2. The van der Waals surface area contributed by atoms with Gasteiger partial charge in [-0.25, -0.2) is 0 Å². The van der Waals surface area contributed by atoms with E-state index in [0.29, 0.717) is 5.92 Å². The Morgan fingerprint density at radius 1 is 1.16 bits per heavy atom. The number of rotatable bonds is 7. The smallest absolute Gasteiger partial charge is 0.443 e. The average Bonchev–Trinajstić information content (AvgIpc) is 2.43. The Kier molecular flexibility index (Phi) is 6.75. The van der Waals surface area contributed by atoms with Crippen molar-refractivity contribution in [2.24, 2.45) is 11.3 Å². The molecule has 1 rings (SSSR count). The Labute approximate surface area is 150 Å². The van der Waals surface area contributed by atoms with Gasteiger partial charge in [-0.05, 0) is 41.4 Å². The van der Waals surface area contributed by atoms with Crippen LogP contribution in [0.25, 0.3) is 0 Å². The predicted octanol–water partition coefficient (Wildman–Crippen LogP) is 4.00. The average molecular weight is 397 g/mol. The van der Waals surface area contributed by atoms with Crippen LogP contribution in [0, 0.1) is 11.3 Å². The van der Waals surface area contributed by atoms with E-state index in [4.69, 9.17) is 0 Å². The maximum Gasteiger partial charge on any atom is 0.443 e. The molecule has 9 heteroatoms. The highest BCUT2D eigenvalue weighted by atomic mass is 32.3. The van der Waals surface area contributed by atoms with Crippen molar-refractivity contribution in [2.75, 3.05) is 0 Å². The van der Waals surface area contributed by atoms with Crippen LogP contribution in [0.2, 0.25) is 0 Å². The van der Waals surface area contributed by atoms with Crippen LogP contribution in [0.1, 0.15) is 52.5 Å². The lowest BCUT2D eigenvalue weighted by atomic mass is 9.72. The fourth-order valence-corrected chi connectivity index (χ4v) is 3.71. The number of hydrogen-bond acceptors (Lipinski definition) is 5. The summed E-state index contributed by atoms with van der Waals surface area (Å²) in [6.45, 7) is 10.4. The second-order valence-corrected chi connectivity index (χ2v) is 10.2. The number of alkyl halides is 2. The fourth-order valence-electron chi connectivity index (χ4n) is 2.48. The Hall–Kier alpha value is -1.06. The van der Waals surface area contributed by atoms with Crippen molar-refractivity contribution in [2.45, 2.75) is 51.5 Å². The summed E-state index contributed by atoms with van der Waals surface area (Å²) in [4.78, 5) is 0. The molecule has 5 nitrogen and oxygen atoms in total. The van der Waals surface area contributed by atoms with Crippen molar-refractivity contribution < 1.29 is 30.1 Å². The fraction of sp³-hybridized carbons (Fsp3) is 0.625. The van der Waals surface area contributed by atoms with Crippen molar-refractivity contribution in [1.82, 2.24) is 0 Å². The molecule has 0 heterocycles. The topological polar surface area (TPSA) is 83.5 Å². The summed E-state index contributed by atoms with van der Waals surface area (Å²) in [6, 6.07) is 5.70. The zero-order valence-corrected chi connectivity index (χ0v) is 16.4. The number of halogens is 2. The zero-order valence-electron chi connectivity index (χ0n) is 14.8. The van der Waals surface area contributed by atoms with Gasteiger partial charge in [0.2, 0.25) is 0 Å². The molecule has 0 spiro atoms. The summed E-state index contributed by atoms with van der Waals surface area (Å²) >= 11 is -4.15. The highest BCUT2D eigenvalue weighted by molar-refractivity contribution is 8.02. The lowest BCUT2D eigenvalue weighted by Gasteiger charge is -2.32. The van der Waals surface area contributed by atoms with Crippen LogP contribution >= 0.6 is 0 Å². The number of benzene rings is 1. The molecule has 1 aromatic carbocycles. The lowest BCUT2D eigenvalue weighted by molar-refractivity contribution is 0.164. The highest BCUT2D eigenvalue weighted by Crippen LogP contribution is 2.40. The SMILES string of the molecule is CC(C)CC(c1ccc(OS(=O)(=O)C(F)(F)S(=O)[O-])cc1)C(C)(C)C. The molecule has 2 unspecified atom stereocenters. The second-order valence-electron chi connectivity index (χ2n) is 7.35. The molecule has 144 valence electrons. The minimum atomic E-state index is -5.64. The van der Waals surface area contributed by atoms with Gasteiger partial charge in [0, 0.05) is 11.1 Å². The van der Waals surface area contributed by atoms with Crippen molar-refractivity contribution in [3.63, 3.8) is 0 Å². The third-order valence-electron chi connectivity index (χ3n) is 3.73. The Morgan fingerprint density at radius 3 is 2.00 bits per heavy atom. The standard InChI is InChI=1S/C16H24F2O5S2/c1-11(2)10-14(15(3,4)5)12-6-8-13(9-7-12)23-25(21,22)16(17,18)24(19)20/h6-9,11,14H,10H2,1-5H3,(H,19,20)/p-1. The van der Waals surface area contributed by atoms with Crippen LogP contribution < -0.4 is 4.18 Å². The normalized spacial score (nSPS) is 15.9. The van der Waals surface area contributed by atoms with Crippen molar-refractivity contribution in [3.8, 4) is 5.75 Å². The van der Waals surface area contributed by atoms with Gasteiger partial charge >= 0.3 is 14.7 Å². The van der Waals surface area contributed by atoms with Gasteiger partial charge in [0.25, 0.3) is 0 Å². The summed E-state index contributed by atoms with van der Waals surface area (Å²) in [6.07, 6.45) is 0.898. The van der Waals surface area contributed by atoms with Crippen LogP contribution in [-0.4, -0.2) is 21.8 Å². The molecular weight excluding hydrogens is 374 g/mol. The van der Waals surface area contributed by atoms with Gasteiger partial charge in [-0.3, -0.25) is 4.21 Å². The molecule has 0 aliphatic rings. The van der Waals surface area contributed by atoms with E-state index in [0.717, 1.165) is 12.0 Å². The molecule has 0 saturated carbocycles. The van der Waals surface area contributed by atoms with Crippen LogP contribution in [0.4, 0.5) is 8.78 Å². The van der Waals surface area contributed by atoms with Gasteiger partial charge in [0.1, 0.15) is 5.75 Å². The van der Waals surface area contributed by atoms with E-state index in [1.54, 1.807) is 12.1 Å². The van der Waals surface area contributed by atoms with E-state index < -0.39 is 25.8 Å². The number of hydrogen-bond donors (Lipinski definition) is 0. The maximum absolute atomic E-state index is 13.2. The first-order valence-corrected chi connectivity index (χ1v) is 10.2. The van der Waals surface area contributed by atoms with Gasteiger partial charge in [0.05, 0.1) is 0 Å². The summed E-state index contributed by atoms with van der Waals surface area (Å²) < 4.78 is 69.3. The molecule has 2 atom stereocenters. The molecule has 0 N–H and O–H groups in total. The molecular formula is C16H23F2O5S2-. The van der Waals surface area contributed by atoms with E-state index in [2.05, 4.69) is 38.8 Å². The minimum Gasteiger partial charge on any atom is -0.767 e. The van der Waals surface area contributed by atoms with Gasteiger partial charge in [-0.15, -0.1) is 0 Å². The predicted molar refractivity (Wildman–Crippen MR) is 91.5 cm³/mol. The zero-order chi connectivity index (χ0) is 19.6. The third kappa shape index (κ3) is 5.46. The summed E-state index contributed by atoms with van der Waals surface area (Å²) in [5.41, 5.74) is 0.871. The van der Waals surface area contributed by atoms with E-state index >= 15 is 0 Å². The molecule has 0 amide bonds. The summed E-state index contributed by atoms with van der Waals surface area (Å²) in [7, 11) is -5.64. The first-order valence-electron chi connectivity index (χ1n) is 7.69. The second kappa shape index (κ2) is 7.67. The van der Waals surface area contributed by atoms with Gasteiger partial charge in [0.15, 0.2) is 0 Å². The highest BCUT2D eigenvalue weighted by Gasteiger charge is 2.49. The first kappa shape index (κ1) is 22.0. The molecule has 1 aromatic rings. The molecule has 0 bridgehead atoms. The molecule has 25 heavy (non-hydrogen) atoms. The summed E-state index contributed by atoms with van der Waals surface area (Å²) in [5, 5.41) is 0. The third-order valence-corrected chi connectivity index (χ3v) is 6.13. The molecule has 0 aromatic heterocycles. The van der Waals surface area contributed by atoms with Gasteiger partial charge in [-0.1, -0.05) is 46.8 Å². The quantitative estimate of drug-likeness (QED) is 0.513.